The lowest BCUT2D eigenvalue weighted by molar-refractivity contribution is -0.176. The second-order valence-corrected chi connectivity index (χ2v) is 5.90. The number of benzene rings is 1. The summed E-state index contributed by atoms with van der Waals surface area (Å²) in [6, 6.07) is 6.02. The molecule has 0 aromatic heterocycles. The topological polar surface area (TPSA) is 70.6 Å². The maximum atomic E-state index is 12.0. The Balaban J connectivity index is 1.77. The van der Waals surface area contributed by atoms with Crippen LogP contribution >= 0.6 is 0 Å². The molecule has 0 heterocycles. The molecule has 1 aromatic rings. The molecule has 1 aliphatic rings. The Morgan fingerprint density at radius 2 is 2.12 bits per heavy atom. The second kappa shape index (κ2) is 8.34. The van der Waals surface area contributed by atoms with Gasteiger partial charge in [0.25, 0.3) is 0 Å². The van der Waals surface area contributed by atoms with Crippen molar-refractivity contribution in [2.75, 3.05) is 18.5 Å². The van der Waals surface area contributed by atoms with Crippen LogP contribution in [0, 0.1) is 5.92 Å². The van der Waals surface area contributed by atoms with Gasteiger partial charge in [-0.2, -0.15) is 13.2 Å². The molecule has 0 saturated heterocycles. The molecule has 8 heteroatoms. The molecule has 0 unspecified atom stereocenters. The highest BCUT2D eigenvalue weighted by Crippen LogP contribution is 2.24. The first kappa shape index (κ1) is 18.5. The molecule has 1 fully saturated rings. The Bertz CT molecular complexity index is 552. The Morgan fingerprint density at radius 3 is 2.79 bits per heavy atom. The van der Waals surface area contributed by atoms with Gasteiger partial charge in [-0.15, -0.1) is 0 Å². The first-order valence-corrected chi connectivity index (χ1v) is 7.80. The molecule has 0 spiro atoms. The molecule has 2 rings (SSSR count). The van der Waals surface area contributed by atoms with Crippen LogP contribution in [0.3, 0.4) is 0 Å². The molecule has 134 valence electrons. The third-order valence-corrected chi connectivity index (χ3v) is 3.86. The number of alkyl halides is 3. The van der Waals surface area contributed by atoms with Crippen molar-refractivity contribution in [1.29, 1.82) is 0 Å². The Kier molecular flexibility index (Phi) is 6.44. The van der Waals surface area contributed by atoms with Crippen LogP contribution < -0.4 is 10.6 Å². The third-order valence-electron chi connectivity index (χ3n) is 3.86. The number of nitrogens with one attached hydrogen (secondary N) is 2. The van der Waals surface area contributed by atoms with Crippen LogP contribution in [-0.2, 0) is 11.3 Å². The number of hydrogen-bond donors (Lipinski definition) is 3. The number of anilines is 1. The highest BCUT2D eigenvalue weighted by atomic mass is 19.4. The van der Waals surface area contributed by atoms with Gasteiger partial charge in [-0.05, 0) is 30.5 Å². The van der Waals surface area contributed by atoms with Gasteiger partial charge in [0.1, 0.15) is 6.61 Å². The van der Waals surface area contributed by atoms with Gasteiger partial charge in [-0.3, -0.25) is 0 Å². The van der Waals surface area contributed by atoms with Gasteiger partial charge in [-0.25, -0.2) is 4.79 Å². The third kappa shape index (κ3) is 6.37. The molecule has 24 heavy (non-hydrogen) atoms. The molecule has 1 saturated carbocycles. The van der Waals surface area contributed by atoms with Gasteiger partial charge >= 0.3 is 12.2 Å². The summed E-state index contributed by atoms with van der Waals surface area (Å²) < 4.78 is 40.7. The van der Waals surface area contributed by atoms with Crippen molar-refractivity contribution in [2.24, 2.45) is 5.92 Å². The van der Waals surface area contributed by atoms with Crippen LogP contribution in [0.2, 0.25) is 0 Å². The van der Waals surface area contributed by atoms with E-state index in [0.717, 1.165) is 19.3 Å². The number of carbonyl (C=O) groups excluding carboxylic acids is 1. The van der Waals surface area contributed by atoms with Crippen LogP contribution in [0.25, 0.3) is 0 Å². The average molecular weight is 346 g/mol. The summed E-state index contributed by atoms with van der Waals surface area (Å²) in [4.78, 5) is 11.8. The minimum atomic E-state index is -4.36. The minimum absolute atomic E-state index is 0.0675. The number of halogens is 3. The van der Waals surface area contributed by atoms with Crippen molar-refractivity contribution < 1.29 is 27.8 Å². The van der Waals surface area contributed by atoms with Gasteiger partial charge in [-0.1, -0.05) is 18.6 Å². The van der Waals surface area contributed by atoms with Crippen molar-refractivity contribution >= 4 is 11.7 Å². The summed E-state index contributed by atoms with van der Waals surface area (Å²) in [5.41, 5.74) is 0.996. The zero-order valence-electron chi connectivity index (χ0n) is 13.1. The fourth-order valence-electron chi connectivity index (χ4n) is 2.68. The fourth-order valence-corrected chi connectivity index (χ4v) is 2.68. The van der Waals surface area contributed by atoms with Crippen LogP contribution in [0.5, 0.6) is 0 Å². The number of hydrogen-bond acceptors (Lipinski definition) is 3. The second-order valence-electron chi connectivity index (χ2n) is 5.90. The van der Waals surface area contributed by atoms with E-state index in [1.165, 1.54) is 0 Å². The summed E-state index contributed by atoms with van der Waals surface area (Å²) in [6.07, 6.45) is -2.14. The lowest BCUT2D eigenvalue weighted by Gasteiger charge is -2.15. The molecule has 0 radical (unpaired) electrons. The van der Waals surface area contributed by atoms with Gasteiger partial charge in [0.15, 0.2) is 0 Å². The molecule has 2 atom stereocenters. The lowest BCUT2D eigenvalue weighted by atomic mass is 10.1. The van der Waals surface area contributed by atoms with Crippen LogP contribution in [0.1, 0.15) is 24.8 Å². The zero-order chi connectivity index (χ0) is 17.6. The van der Waals surface area contributed by atoms with Crippen LogP contribution in [0.4, 0.5) is 23.7 Å². The molecular formula is C16H21F3N2O3. The Morgan fingerprint density at radius 1 is 1.33 bits per heavy atom. The summed E-state index contributed by atoms with van der Waals surface area (Å²) in [7, 11) is 0. The normalized spacial score (nSPS) is 20.8. The van der Waals surface area contributed by atoms with Crippen molar-refractivity contribution in [2.45, 2.75) is 38.1 Å². The average Bonchev–Trinajstić information content (AvgIpc) is 2.89. The van der Waals surface area contributed by atoms with E-state index in [0.29, 0.717) is 17.8 Å². The van der Waals surface area contributed by atoms with Gasteiger partial charge in [0.05, 0.1) is 12.7 Å². The van der Waals surface area contributed by atoms with Gasteiger partial charge in [0, 0.05) is 18.2 Å². The monoisotopic (exact) mass is 346 g/mol. The van der Waals surface area contributed by atoms with E-state index >= 15 is 0 Å². The number of amides is 2. The zero-order valence-corrected chi connectivity index (χ0v) is 13.1. The van der Waals surface area contributed by atoms with Gasteiger partial charge in [0.2, 0.25) is 0 Å². The maximum absolute atomic E-state index is 12.0. The summed E-state index contributed by atoms with van der Waals surface area (Å²) in [5, 5.41) is 15.0. The number of urea groups is 1. The molecule has 1 aliphatic carbocycles. The first-order valence-electron chi connectivity index (χ1n) is 7.80. The molecule has 1 aromatic carbocycles. The predicted octanol–water partition coefficient (Wildman–Crippen LogP) is 3.05. The van der Waals surface area contributed by atoms with Crippen molar-refractivity contribution in [3.8, 4) is 0 Å². The van der Waals surface area contributed by atoms with Gasteiger partial charge < -0.3 is 20.5 Å². The Hall–Kier alpha value is -1.80. The van der Waals surface area contributed by atoms with Crippen LogP contribution in [-0.4, -0.2) is 36.6 Å². The van der Waals surface area contributed by atoms with Crippen molar-refractivity contribution in [3.63, 3.8) is 0 Å². The molecular weight excluding hydrogens is 325 g/mol. The number of ether oxygens (including phenoxy) is 1. The standard InChI is InChI=1S/C16H21F3N2O3/c17-16(18,19)10-24-9-11-3-1-5-13(7-11)21-15(23)20-8-12-4-2-6-14(12)22/h1,3,5,7,12,14,22H,2,4,6,8-10H2,(H2,20,21,23)/t12-,14-/m0/s1. The van der Waals surface area contributed by atoms with E-state index in [4.69, 9.17) is 0 Å². The molecule has 2 amide bonds. The van der Waals surface area contributed by atoms with E-state index in [2.05, 4.69) is 15.4 Å². The van der Waals surface area contributed by atoms with E-state index < -0.39 is 18.8 Å². The van der Waals surface area contributed by atoms with E-state index in [-0.39, 0.29) is 18.6 Å². The number of rotatable bonds is 6. The molecule has 5 nitrogen and oxygen atoms in total. The number of aliphatic hydroxyl groups excluding tert-OH is 1. The lowest BCUT2D eigenvalue weighted by Crippen LogP contribution is -2.35. The summed E-state index contributed by atoms with van der Waals surface area (Å²) in [6.45, 7) is -1.11. The van der Waals surface area contributed by atoms with Crippen LogP contribution in [0.15, 0.2) is 24.3 Å². The van der Waals surface area contributed by atoms with Crippen molar-refractivity contribution in [1.82, 2.24) is 5.32 Å². The van der Waals surface area contributed by atoms with E-state index in [1.54, 1.807) is 24.3 Å². The van der Waals surface area contributed by atoms with Crippen molar-refractivity contribution in [3.05, 3.63) is 29.8 Å². The fraction of sp³-hybridized carbons (Fsp3) is 0.562. The van der Waals surface area contributed by atoms with E-state index in [9.17, 15) is 23.1 Å². The molecule has 3 N–H and O–H groups in total. The summed E-state index contributed by atoms with van der Waals surface area (Å²) in [5.74, 6) is 0.0675. The quantitative estimate of drug-likeness (QED) is 0.741. The summed E-state index contributed by atoms with van der Waals surface area (Å²) >= 11 is 0. The van der Waals surface area contributed by atoms with E-state index in [1.807, 2.05) is 0 Å². The maximum Gasteiger partial charge on any atom is 0.411 e. The first-order chi connectivity index (χ1) is 11.3. The number of aliphatic hydroxyl groups is 1. The largest absolute Gasteiger partial charge is 0.411 e. The highest BCUT2D eigenvalue weighted by Gasteiger charge is 2.27. The Labute approximate surface area is 138 Å². The number of carbonyl (C=O) groups is 1. The molecule has 0 aliphatic heterocycles. The minimum Gasteiger partial charge on any atom is -0.393 e. The molecule has 0 bridgehead atoms. The smallest absolute Gasteiger partial charge is 0.393 e. The predicted molar refractivity (Wildman–Crippen MR) is 82.5 cm³/mol. The highest BCUT2D eigenvalue weighted by molar-refractivity contribution is 5.89. The SMILES string of the molecule is O=C(NC[C@@H]1CCC[C@@H]1O)Nc1cccc(COCC(F)(F)F)c1.